The predicted octanol–water partition coefficient (Wildman–Crippen LogP) is 0.280. The first-order valence-corrected chi connectivity index (χ1v) is 6.56. The summed E-state index contributed by atoms with van der Waals surface area (Å²) in [4.78, 5) is 22.7. The normalized spacial score (nSPS) is 15.0. The van der Waals surface area contributed by atoms with Crippen molar-refractivity contribution in [3.05, 3.63) is 24.6 Å². The first-order valence-electron chi connectivity index (χ1n) is 6.56. The average molecular weight is 284 g/mol. The molecule has 2 unspecified atom stereocenters. The number of carbonyl (C=O) groups is 2. The zero-order valence-corrected chi connectivity index (χ0v) is 12.3. The van der Waals surface area contributed by atoms with E-state index >= 15 is 0 Å². The molecule has 0 aliphatic rings. The second-order valence-corrected chi connectivity index (χ2v) is 5.11. The Morgan fingerprint density at radius 1 is 0.800 bits per heavy atom. The van der Waals surface area contributed by atoms with Crippen LogP contribution in [0.2, 0.25) is 0 Å². The molecule has 0 aromatic carbocycles. The number of hydrogen-bond acceptors (Lipinski definition) is 4. The summed E-state index contributed by atoms with van der Waals surface area (Å²) in [5.74, 6) is -1.28. The summed E-state index contributed by atoms with van der Waals surface area (Å²) in [7, 11) is 0. The molecule has 2 atom stereocenters. The maximum atomic E-state index is 11.4. The highest BCUT2D eigenvalue weighted by Crippen LogP contribution is 2.01. The van der Waals surface area contributed by atoms with Crippen LogP contribution in [0.15, 0.2) is 24.6 Å². The van der Waals surface area contributed by atoms with Gasteiger partial charge in [0.15, 0.2) is 0 Å². The summed E-state index contributed by atoms with van der Waals surface area (Å²) in [5, 5.41) is 23.7. The van der Waals surface area contributed by atoms with Crippen molar-refractivity contribution in [1.29, 1.82) is 0 Å². The van der Waals surface area contributed by atoms with Crippen LogP contribution < -0.4 is 10.6 Å². The van der Waals surface area contributed by atoms with E-state index in [1.54, 1.807) is 27.7 Å². The highest BCUT2D eigenvalue weighted by Gasteiger charge is 2.17. The quantitative estimate of drug-likeness (QED) is 0.505. The zero-order valence-electron chi connectivity index (χ0n) is 12.3. The van der Waals surface area contributed by atoms with Crippen LogP contribution in [0.1, 0.15) is 27.7 Å². The van der Waals surface area contributed by atoms with Crippen LogP contribution in [0.5, 0.6) is 0 Å². The molecule has 0 aliphatic carbocycles. The van der Waals surface area contributed by atoms with E-state index in [9.17, 15) is 19.8 Å². The van der Waals surface area contributed by atoms with Gasteiger partial charge in [0.05, 0.1) is 0 Å². The highest BCUT2D eigenvalue weighted by molar-refractivity contribution is 5.82. The first kappa shape index (κ1) is 18.3. The molecule has 0 radical (unpaired) electrons. The van der Waals surface area contributed by atoms with Gasteiger partial charge in [-0.05, 0) is 24.0 Å². The number of aliphatic hydroxyl groups excluding tert-OH is 2. The molecule has 0 saturated heterocycles. The lowest BCUT2D eigenvalue weighted by atomic mass is 10.1. The molecule has 0 bridgehead atoms. The molecule has 6 nitrogen and oxygen atoms in total. The standard InChI is InChI=1S/C14H24N2O4/c1-9(2)11(17)13(19)15-7-5-6-8-16-14(20)12(18)10(3)4/h5-12,17-18H,1-4H3,(H,15,19)(H,16,20). The number of carbonyl (C=O) groups excluding carboxylic acids is 2. The van der Waals surface area contributed by atoms with Crippen LogP contribution in [0.4, 0.5) is 0 Å². The molecule has 0 rings (SSSR count). The molecule has 0 aromatic heterocycles. The lowest BCUT2D eigenvalue weighted by Crippen LogP contribution is -2.35. The predicted molar refractivity (Wildman–Crippen MR) is 76.3 cm³/mol. The molecule has 4 N–H and O–H groups in total. The van der Waals surface area contributed by atoms with Crippen molar-refractivity contribution < 1.29 is 19.8 Å². The van der Waals surface area contributed by atoms with E-state index in [0.29, 0.717) is 0 Å². The number of aliphatic hydroxyl groups is 2. The number of rotatable bonds is 7. The molecule has 0 spiro atoms. The number of amides is 2. The minimum Gasteiger partial charge on any atom is -0.383 e. The molecule has 0 saturated carbocycles. The monoisotopic (exact) mass is 284 g/mol. The second-order valence-electron chi connectivity index (χ2n) is 5.11. The third kappa shape index (κ3) is 7.06. The summed E-state index contributed by atoms with van der Waals surface area (Å²) < 4.78 is 0. The number of hydrogen-bond donors (Lipinski definition) is 4. The van der Waals surface area contributed by atoms with E-state index < -0.39 is 24.0 Å². The van der Waals surface area contributed by atoms with Gasteiger partial charge < -0.3 is 20.8 Å². The smallest absolute Gasteiger partial charge is 0.253 e. The van der Waals surface area contributed by atoms with Crippen molar-refractivity contribution in [2.45, 2.75) is 39.9 Å². The summed E-state index contributed by atoms with van der Waals surface area (Å²) in [6.07, 6.45) is 3.60. The van der Waals surface area contributed by atoms with Crippen LogP contribution in [0.3, 0.4) is 0 Å². The topological polar surface area (TPSA) is 98.7 Å². The van der Waals surface area contributed by atoms with Gasteiger partial charge in [-0.25, -0.2) is 0 Å². The van der Waals surface area contributed by atoms with Crippen LogP contribution >= 0.6 is 0 Å². The maximum absolute atomic E-state index is 11.4. The Kier molecular flexibility index (Phi) is 8.51. The van der Waals surface area contributed by atoms with Crippen molar-refractivity contribution in [3.63, 3.8) is 0 Å². The number of nitrogens with one attached hydrogen (secondary N) is 2. The van der Waals surface area contributed by atoms with Gasteiger partial charge in [-0.2, -0.15) is 0 Å². The fraction of sp³-hybridized carbons (Fsp3) is 0.571. The summed E-state index contributed by atoms with van der Waals surface area (Å²) in [6, 6.07) is 0. The second kappa shape index (κ2) is 9.28. The summed E-state index contributed by atoms with van der Waals surface area (Å²) >= 11 is 0. The van der Waals surface area contributed by atoms with Crippen molar-refractivity contribution in [3.8, 4) is 0 Å². The number of allylic oxidation sites excluding steroid dienone is 2. The minimum absolute atomic E-state index is 0.157. The van der Waals surface area contributed by atoms with Crippen molar-refractivity contribution in [2.24, 2.45) is 11.8 Å². The van der Waals surface area contributed by atoms with Crippen LogP contribution in [0, 0.1) is 11.8 Å². The van der Waals surface area contributed by atoms with Gasteiger partial charge in [-0.1, -0.05) is 27.7 Å². The zero-order chi connectivity index (χ0) is 15.7. The highest BCUT2D eigenvalue weighted by atomic mass is 16.3. The maximum Gasteiger partial charge on any atom is 0.253 e. The molecule has 0 heterocycles. The van der Waals surface area contributed by atoms with Crippen LogP contribution in [0.25, 0.3) is 0 Å². The Hall–Kier alpha value is -1.66. The molecule has 0 fully saturated rings. The molecule has 0 aromatic rings. The Bertz CT molecular complexity index is 339. The molecule has 20 heavy (non-hydrogen) atoms. The van der Waals surface area contributed by atoms with E-state index in [0.717, 1.165) is 0 Å². The van der Waals surface area contributed by atoms with Gasteiger partial charge in [-0.15, -0.1) is 0 Å². The molecule has 6 heteroatoms. The first-order chi connectivity index (χ1) is 9.27. The van der Waals surface area contributed by atoms with Gasteiger partial charge >= 0.3 is 0 Å². The van der Waals surface area contributed by atoms with Crippen LogP contribution in [-0.4, -0.2) is 34.2 Å². The minimum atomic E-state index is -1.05. The van der Waals surface area contributed by atoms with Gasteiger partial charge in [0.25, 0.3) is 11.8 Å². The molecular formula is C14H24N2O4. The summed E-state index contributed by atoms with van der Waals surface area (Å²) in [6.45, 7) is 6.96. The van der Waals surface area contributed by atoms with E-state index in [1.807, 2.05) is 0 Å². The molecule has 0 aliphatic heterocycles. The SMILES string of the molecule is CC(C)C(O)C(=O)NC=CC=CNC(=O)C(O)C(C)C. The Morgan fingerprint density at radius 2 is 1.10 bits per heavy atom. The fourth-order valence-electron chi connectivity index (χ4n) is 1.15. The van der Waals surface area contributed by atoms with Crippen molar-refractivity contribution in [2.75, 3.05) is 0 Å². The van der Waals surface area contributed by atoms with Gasteiger partial charge in [-0.3, -0.25) is 9.59 Å². The lowest BCUT2D eigenvalue weighted by Gasteiger charge is -2.12. The average Bonchev–Trinajstić information content (AvgIpc) is 2.39. The third-order valence-corrected chi connectivity index (χ3v) is 2.55. The van der Waals surface area contributed by atoms with Gasteiger partial charge in [0, 0.05) is 12.4 Å². The Balaban J connectivity index is 4.05. The van der Waals surface area contributed by atoms with E-state index in [-0.39, 0.29) is 11.8 Å². The third-order valence-electron chi connectivity index (χ3n) is 2.55. The Labute approximate surface area is 119 Å². The van der Waals surface area contributed by atoms with Crippen molar-refractivity contribution in [1.82, 2.24) is 10.6 Å². The molecule has 2 amide bonds. The van der Waals surface area contributed by atoms with E-state index in [2.05, 4.69) is 10.6 Å². The lowest BCUT2D eigenvalue weighted by molar-refractivity contribution is -0.131. The van der Waals surface area contributed by atoms with Crippen molar-refractivity contribution >= 4 is 11.8 Å². The molecular weight excluding hydrogens is 260 g/mol. The van der Waals surface area contributed by atoms with E-state index in [1.165, 1.54) is 24.6 Å². The fourth-order valence-corrected chi connectivity index (χ4v) is 1.15. The Morgan fingerprint density at radius 3 is 1.35 bits per heavy atom. The van der Waals surface area contributed by atoms with Gasteiger partial charge in [0.1, 0.15) is 12.2 Å². The largest absolute Gasteiger partial charge is 0.383 e. The van der Waals surface area contributed by atoms with Gasteiger partial charge in [0.2, 0.25) is 0 Å². The molecule has 114 valence electrons. The van der Waals surface area contributed by atoms with Crippen LogP contribution in [-0.2, 0) is 9.59 Å². The van der Waals surface area contributed by atoms with E-state index in [4.69, 9.17) is 0 Å². The summed E-state index contributed by atoms with van der Waals surface area (Å²) in [5.41, 5.74) is 0.